The normalized spacial score (nSPS) is 13.9. The molecule has 7 heteroatoms. The smallest absolute Gasteiger partial charge is 0.323 e. The van der Waals surface area contributed by atoms with Crippen LogP contribution in [-0.4, -0.2) is 54.2 Å². The number of urea groups is 1. The van der Waals surface area contributed by atoms with Gasteiger partial charge in [0, 0.05) is 12.6 Å². The van der Waals surface area contributed by atoms with Gasteiger partial charge in [-0.15, -0.1) is 0 Å². The molecule has 2 N–H and O–H groups in total. The van der Waals surface area contributed by atoms with E-state index in [4.69, 9.17) is 5.11 Å². The first kappa shape index (κ1) is 13.3. The second-order valence-electron chi connectivity index (χ2n) is 3.81. The molecule has 0 unspecified atom stereocenters. The van der Waals surface area contributed by atoms with Crippen LogP contribution in [0.25, 0.3) is 0 Å². The Balaban J connectivity index is 2.32. The van der Waals surface area contributed by atoms with Gasteiger partial charge >= 0.3 is 18.0 Å². The summed E-state index contributed by atoms with van der Waals surface area (Å²) >= 11 is 0. The molecule has 1 rings (SSSR count). The lowest BCUT2D eigenvalue weighted by molar-refractivity contribution is -0.140. The Morgan fingerprint density at radius 2 is 2.06 bits per heavy atom. The van der Waals surface area contributed by atoms with Crippen molar-refractivity contribution in [1.29, 1.82) is 0 Å². The Kier molecular flexibility index (Phi) is 4.74. The Labute approximate surface area is 98.7 Å². The summed E-state index contributed by atoms with van der Waals surface area (Å²) in [5.41, 5.74) is 0. The number of methoxy groups -OCH3 is 1. The number of carbonyl (C=O) groups is 3. The van der Waals surface area contributed by atoms with Gasteiger partial charge in [-0.2, -0.15) is 0 Å². The van der Waals surface area contributed by atoms with Gasteiger partial charge in [0.15, 0.2) is 0 Å². The molecule has 1 aliphatic rings. The molecule has 0 aromatic carbocycles. The van der Waals surface area contributed by atoms with E-state index in [0.29, 0.717) is 0 Å². The van der Waals surface area contributed by atoms with Crippen LogP contribution in [0.15, 0.2) is 0 Å². The van der Waals surface area contributed by atoms with Crippen LogP contribution in [0.4, 0.5) is 4.79 Å². The number of aliphatic carboxylic acids is 1. The third-order valence-electron chi connectivity index (χ3n) is 2.39. The number of nitrogens with one attached hydrogen (secondary N) is 1. The number of carboxylic acid groups (broad SMARTS) is 1. The fraction of sp³-hybridized carbons (Fsp3) is 0.700. The predicted molar refractivity (Wildman–Crippen MR) is 57.4 cm³/mol. The van der Waals surface area contributed by atoms with Crippen LogP contribution in [0.2, 0.25) is 0 Å². The first-order valence-electron chi connectivity index (χ1n) is 5.37. The number of hydrogen-bond acceptors (Lipinski definition) is 4. The number of rotatable bonds is 6. The van der Waals surface area contributed by atoms with Crippen molar-refractivity contribution in [2.45, 2.75) is 25.3 Å². The van der Waals surface area contributed by atoms with Crippen LogP contribution >= 0.6 is 0 Å². The van der Waals surface area contributed by atoms with Gasteiger partial charge in [0.05, 0.1) is 13.5 Å². The maximum Gasteiger partial charge on any atom is 0.323 e. The summed E-state index contributed by atoms with van der Waals surface area (Å²) in [6.45, 7) is -0.164. The minimum absolute atomic E-state index is 0.0178. The molecular formula is C10H16N2O5. The van der Waals surface area contributed by atoms with Crippen molar-refractivity contribution in [3.8, 4) is 0 Å². The Morgan fingerprint density at radius 3 is 2.53 bits per heavy atom. The van der Waals surface area contributed by atoms with Gasteiger partial charge < -0.3 is 20.1 Å². The molecule has 0 heterocycles. The zero-order chi connectivity index (χ0) is 12.8. The Bertz CT molecular complexity index is 314. The van der Waals surface area contributed by atoms with Crippen molar-refractivity contribution in [3.05, 3.63) is 0 Å². The third kappa shape index (κ3) is 4.71. The molecule has 0 atom stereocenters. The molecule has 0 aromatic heterocycles. The number of carboxylic acids is 1. The van der Waals surface area contributed by atoms with Crippen molar-refractivity contribution in [2.75, 3.05) is 20.2 Å². The molecule has 1 aliphatic carbocycles. The number of ether oxygens (including phenoxy) is 1. The highest BCUT2D eigenvalue weighted by Gasteiger charge is 2.33. The molecule has 2 amide bonds. The molecule has 17 heavy (non-hydrogen) atoms. The summed E-state index contributed by atoms with van der Waals surface area (Å²) in [4.78, 5) is 34.3. The highest BCUT2D eigenvalue weighted by Crippen LogP contribution is 2.26. The van der Waals surface area contributed by atoms with Gasteiger partial charge in [0.1, 0.15) is 6.54 Å². The van der Waals surface area contributed by atoms with Gasteiger partial charge in [-0.1, -0.05) is 0 Å². The summed E-state index contributed by atoms with van der Waals surface area (Å²) in [6.07, 6.45) is 1.74. The zero-order valence-electron chi connectivity index (χ0n) is 9.64. The number of esters is 1. The number of hydrogen-bond donors (Lipinski definition) is 2. The third-order valence-corrected chi connectivity index (χ3v) is 2.39. The van der Waals surface area contributed by atoms with Crippen molar-refractivity contribution in [1.82, 2.24) is 10.2 Å². The maximum atomic E-state index is 11.6. The minimum Gasteiger partial charge on any atom is -0.480 e. The fourth-order valence-electron chi connectivity index (χ4n) is 1.37. The van der Waals surface area contributed by atoms with Crippen LogP contribution in [0.5, 0.6) is 0 Å². The van der Waals surface area contributed by atoms with Crippen LogP contribution < -0.4 is 5.32 Å². The number of carbonyl (C=O) groups excluding carboxylic acids is 2. The molecule has 96 valence electrons. The average Bonchev–Trinajstić information content (AvgIpc) is 3.09. The summed E-state index contributed by atoms with van der Waals surface area (Å²) in [7, 11) is 1.27. The Hall–Kier alpha value is -1.79. The largest absolute Gasteiger partial charge is 0.480 e. The van der Waals surface area contributed by atoms with Gasteiger partial charge in [-0.3, -0.25) is 9.59 Å². The van der Waals surface area contributed by atoms with E-state index in [9.17, 15) is 14.4 Å². The van der Waals surface area contributed by atoms with E-state index in [1.54, 1.807) is 0 Å². The SMILES string of the molecule is COC(=O)CCNC(=O)N(CC(=O)O)C1CC1. The van der Waals surface area contributed by atoms with Crippen molar-refractivity contribution >= 4 is 18.0 Å². The first-order chi connectivity index (χ1) is 8.04. The highest BCUT2D eigenvalue weighted by atomic mass is 16.5. The molecule has 1 saturated carbocycles. The highest BCUT2D eigenvalue weighted by molar-refractivity contribution is 5.81. The monoisotopic (exact) mass is 244 g/mol. The topological polar surface area (TPSA) is 95.9 Å². The van der Waals surface area contributed by atoms with E-state index < -0.39 is 18.0 Å². The van der Waals surface area contributed by atoms with Crippen LogP contribution in [-0.2, 0) is 14.3 Å². The van der Waals surface area contributed by atoms with Crippen molar-refractivity contribution in [3.63, 3.8) is 0 Å². The summed E-state index contributed by atoms with van der Waals surface area (Å²) in [6, 6.07) is -0.428. The lowest BCUT2D eigenvalue weighted by Gasteiger charge is -2.20. The predicted octanol–water partition coefficient (Wildman–Crippen LogP) is -0.192. The van der Waals surface area contributed by atoms with Gasteiger partial charge in [-0.25, -0.2) is 4.79 Å². The summed E-state index contributed by atoms with van der Waals surface area (Å²) < 4.78 is 4.42. The molecular weight excluding hydrogens is 228 g/mol. The maximum absolute atomic E-state index is 11.6. The van der Waals surface area contributed by atoms with E-state index in [1.807, 2.05) is 0 Å². The second-order valence-corrected chi connectivity index (χ2v) is 3.81. The standard InChI is InChI=1S/C10H16N2O5/c1-17-9(15)4-5-11-10(16)12(6-8(13)14)7-2-3-7/h7H,2-6H2,1H3,(H,11,16)(H,13,14). The van der Waals surface area contributed by atoms with E-state index in [2.05, 4.69) is 10.1 Å². The number of amides is 2. The molecule has 0 radical (unpaired) electrons. The number of nitrogens with zero attached hydrogens (tertiary/aromatic N) is 1. The van der Waals surface area contributed by atoms with Crippen LogP contribution in [0, 0.1) is 0 Å². The zero-order valence-corrected chi connectivity index (χ0v) is 9.64. The quantitative estimate of drug-likeness (QED) is 0.631. The van der Waals surface area contributed by atoms with Crippen molar-refractivity contribution in [2.24, 2.45) is 0 Å². The fourth-order valence-corrected chi connectivity index (χ4v) is 1.37. The second kappa shape index (κ2) is 6.07. The lowest BCUT2D eigenvalue weighted by Crippen LogP contribution is -2.44. The van der Waals surface area contributed by atoms with Gasteiger partial charge in [0.25, 0.3) is 0 Å². The average molecular weight is 244 g/mol. The lowest BCUT2D eigenvalue weighted by atomic mass is 10.4. The first-order valence-corrected chi connectivity index (χ1v) is 5.37. The van der Waals surface area contributed by atoms with Crippen LogP contribution in [0.1, 0.15) is 19.3 Å². The molecule has 0 aromatic rings. The van der Waals surface area contributed by atoms with Gasteiger partial charge in [0.2, 0.25) is 0 Å². The van der Waals surface area contributed by atoms with Crippen LogP contribution in [0.3, 0.4) is 0 Å². The summed E-state index contributed by atoms with van der Waals surface area (Å²) in [5.74, 6) is -1.46. The van der Waals surface area contributed by atoms with E-state index in [1.165, 1.54) is 12.0 Å². The molecule has 7 nitrogen and oxygen atoms in total. The molecule has 0 spiro atoms. The minimum atomic E-state index is -1.04. The van der Waals surface area contributed by atoms with E-state index in [-0.39, 0.29) is 25.6 Å². The molecule has 0 bridgehead atoms. The van der Waals surface area contributed by atoms with Gasteiger partial charge in [-0.05, 0) is 12.8 Å². The van der Waals surface area contributed by atoms with E-state index in [0.717, 1.165) is 12.8 Å². The molecule has 0 aliphatic heterocycles. The van der Waals surface area contributed by atoms with E-state index >= 15 is 0 Å². The summed E-state index contributed by atoms with van der Waals surface area (Å²) in [5, 5.41) is 11.2. The Morgan fingerprint density at radius 1 is 1.41 bits per heavy atom. The van der Waals surface area contributed by atoms with Crippen molar-refractivity contribution < 1.29 is 24.2 Å². The molecule has 0 saturated heterocycles. The molecule has 1 fully saturated rings.